The maximum Gasteiger partial charge on any atom is 0.272 e. The lowest BCUT2D eigenvalue weighted by Crippen LogP contribution is -2.12. The van der Waals surface area contributed by atoms with Crippen LogP contribution in [0.2, 0.25) is 0 Å². The van der Waals surface area contributed by atoms with Gasteiger partial charge in [-0.05, 0) is 56.3 Å². The highest BCUT2D eigenvalue weighted by Crippen LogP contribution is 2.27. The first-order valence-electron chi connectivity index (χ1n) is 8.95. The van der Waals surface area contributed by atoms with E-state index in [1.54, 1.807) is 25.1 Å². The molecular weight excluding hydrogens is 370 g/mol. The number of hydrogen-bond acceptors (Lipinski definition) is 5. The zero-order chi connectivity index (χ0) is 20.5. The van der Waals surface area contributed by atoms with Crippen molar-refractivity contribution in [3.8, 4) is 11.5 Å². The van der Waals surface area contributed by atoms with E-state index < -0.39 is 4.92 Å². The fourth-order valence-electron chi connectivity index (χ4n) is 3.11. The van der Waals surface area contributed by atoms with Gasteiger partial charge >= 0.3 is 0 Å². The first kappa shape index (κ1) is 18.4. The van der Waals surface area contributed by atoms with Crippen LogP contribution in [0.4, 0.5) is 11.4 Å². The number of fused-ring (bicyclic) bond motifs is 1. The van der Waals surface area contributed by atoms with Crippen LogP contribution in [0.5, 0.6) is 0 Å². The number of aromatic nitrogens is 1. The molecule has 0 bridgehead atoms. The second-order valence-corrected chi connectivity index (χ2v) is 6.78. The molecule has 0 fully saturated rings. The summed E-state index contributed by atoms with van der Waals surface area (Å²) < 4.78 is 5.82. The Morgan fingerprint density at radius 3 is 2.62 bits per heavy atom. The highest BCUT2D eigenvalue weighted by atomic mass is 16.6. The Kier molecular flexibility index (Phi) is 4.56. The molecule has 7 heteroatoms. The van der Waals surface area contributed by atoms with Crippen LogP contribution in [0.25, 0.3) is 22.6 Å². The van der Waals surface area contributed by atoms with E-state index in [4.69, 9.17) is 4.42 Å². The van der Waals surface area contributed by atoms with Crippen molar-refractivity contribution in [2.75, 3.05) is 5.32 Å². The fraction of sp³-hybridized carbons (Fsp3) is 0.0909. The average Bonchev–Trinajstić information content (AvgIpc) is 3.11. The van der Waals surface area contributed by atoms with Gasteiger partial charge in [0, 0.05) is 28.4 Å². The third-order valence-corrected chi connectivity index (χ3v) is 4.57. The standard InChI is InChI=1S/C22H17N3O4/c1-13-4-3-5-16(10-13)22-24-18-12-17(7-9-20(18)29-22)23-21(26)15-6-8-19(25(27)28)14(2)11-15/h3-12H,1-2H3,(H,23,26). The number of anilines is 1. The zero-order valence-electron chi connectivity index (χ0n) is 15.8. The molecule has 0 radical (unpaired) electrons. The number of aryl methyl sites for hydroxylation is 2. The molecule has 0 aliphatic carbocycles. The normalized spacial score (nSPS) is 10.8. The van der Waals surface area contributed by atoms with Crippen molar-refractivity contribution < 1.29 is 14.1 Å². The Morgan fingerprint density at radius 1 is 1.07 bits per heavy atom. The molecule has 0 unspecified atom stereocenters. The molecule has 29 heavy (non-hydrogen) atoms. The van der Waals surface area contributed by atoms with Crippen LogP contribution in [0.1, 0.15) is 21.5 Å². The molecular formula is C22H17N3O4. The maximum absolute atomic E-state index is 12.5. The second kappa shape index (κ2) is 7.20. The largest absolute Gasteiger partial charge is 0.436 e. The molecule has 3 aromatic carbocycles. The number of nitrogens with one attached hydrogen (secondary N) is 1. The second-order valence-electron chi connectivity index (χ2n) is 6.78. The lowest BCUT2D eigenvalue weighted by molar-refractivity contribution is -0.385. The van der Waals surface area contributed by atoms with Gasteiger partial charge < -0.3 is 9.73 Å². The molecule has 0 aliphatic rings. The molecule has 0 spiro atoms. The smallest absolute Gasteiger partial charge is 0.272 e. The Morgan fingerprint density at radius 2 is 1.90 bits per heavy atom. The highest BCUT2D eigenvalue weighted by molar-refractivity contribution is 6.05. The van der Waals surface area contributed by atoms with E-state index in [9.17, 15) is 14.9 Å². The van der Waals surface area contributed by atoms with Crippen molar-refractivity contribution in [2.45, 2.75) is 13.8 Å². The zero-order valence-corrected chi connectivity index (χ0v) is 15.8. The third kappa shape index (κ3) is 3.70. The summed E-state index contributed by atoms with van der Waals surface area (Å²) in [7, 11) is 0. The summed E-state index contributed by atoms with van der Waals surface area (Å²) >= 11 is 0. The quantitative estimate of drug-likeness (QED) is 0.380. The molecule has 4 aromatic rings. The number of rotatable bonds is 4. The van der Waals surface area contributed by atoms with Crippen LogP contribution in [0.3, 0.4) is 0 Å². The van der Waals surface area contributed by atoms with Gasteiger partial charge in [-0.2, -0.15) is 0 Å². The lowest BCUT2D eigenvalue weighted by atomic mass is 10.1. The summed E-state index contributed by atoms with van der Waals surface area (Å²) in [6.07, 6.45) is 0. The van der Waals surface area contributed by atoms with E-state index in [1.807, 2.05) is 31.2 Å². The minimum absolute atomic E-state index is 0.0192. The van der Waals surface area contributed by atoms with Crippen LogP contribution in [0.15, 0.2) is 65.1 Å². The van der Waals surface area contributed by atoms with E-state index >= 15 is 0 Å². The van der Waals surface area contributed by atoms with Crippen LogP contribution in [-0.4, -0.2) is 15.8 Å². The van der Waals surface area contributed by atoms with Gasteiger partial charge in [0.2, 0.25) is 5.89 Å². The van der Waals surface area contributed by atoms with E-state index in [2.05, 4.69) is 10.3 Å². The molecule has 1 amide bonds. The molecule has 0 saturated heterocycles. The summed E-state index contributed by atoms with van der Waals surface area (Å²) in [4.78, 5) is 27.5. The van der Waals surface area contributed by atoms with Crippen molar-refractivity contribution in [1.82, 2.24) is 4.98 Å². The summed E-state index contributed by atoms with van der Waals surface area (Å²) in [6.45, 7) is 3.60. The van der Waals surface area contributed by atoms with Gasteiger partial charge in [0.25, 0.3) is 11.6 Å². The molecule has 0 aliphatic heterocycles. The molecule has 1 heterocycles. The van der Waals surface area contributed by atoms with Crippen molar-refractivity contribution in [3.05, 3.63) is 87.5 Å². The number of amides is 1. The molecule has 1 N–H and O–H groups in total. The van der Waals surface area contributed by atoms with E-state index in [-0.39, 0.29) is 11.6 Å². The topological polar surface area (TPSA) is 98.3 Å². The van der Waals surface area contributed by atoms with E-state index in [0.717, 1.165) is 11.1 Å². The van der Waals surface area contributed by atoms with Gasteiger partial charge in [-0.3, -0.25) is 14.9 Å². The van der Waals surface area contributed by atoms with Crippen LogP contribution in [0, 0.1) is 24.0 Å². The lowest BCUT2D eigenvalue weighted by Gasteiger charge is -2.06. The van der Waals surface area contributed by atoms with Gasteiger partial charge in [0.15, 0.2) is 5.58 Å². The number of nitrogens with zero attached hydrogens (tertiary/aromatic N) is 2. The van der Waals surface area contributed by atoms with Crippen LogP contribution in [-0.2, 0) is 0 Å². The van der Waals surface area contributed by atoms with Crippen molar-refractivity contribution in [3.63, 3.8) is 0 Å². The Labute approximate surface area is 166 Å². The third-order valence-electron chi connectivity index (χ3n) is 4.57. The molecule has 7 nitrogen and oxygen atoms in total. The minimum Gasteiger partial charge on any atom is -0.436 e. The predicted molar refractivity (Wildman–Crippen MR) is 110 cm³/mol. The number of nitro benzene ring substituents is 1. The summed E-state index contributed by atoms with van der Waals surface area (Å²) in [5.74, 6) is 0.155. The van der Waals surface area contributed by atoms with Gasteiger partial charge in [0.05, 0.1) is 4.92 Å². The molecule has 4 rings (SSSR count). The molecule has 1 aromatic heterocycles. The van der Waals surface area contributed by atoms with Crippen LogP contribution < -0.4 is 5.32 Å². The summed E-state index contributed by atoms with van der Waals surface area (Å²) in [5, 5.41) is 13.7. The maximum atomic E-state index is 12.5. The molecule has 144 valence electrons. The number of carbonyl (C=O) groups is 1. The van der Waals surface area contributed by atoms with E-state index in [0.29, 0.717) is 33.8 Å². The Balaban J connectivity index is 1.59. The first-order chi connectivity index (χ1) is 13.9. The highest BCUT2D eigenvalue weighted by Gasteiger charge is 2.15. The van der Waals surface area contributed by atoms with Gasteiger partial charge in [0.1, 0.15) is 5.52 Å². The predicted octanol–water partition coefficient (Wildman–Crippen LogP) is 5.27. The van der Waals surface area contributed by atoms with Gasteiger partial charge in [-0.15, -0.1) is 0 Å². The fourth-order valence-corrected chi connectivity index (χ4v) is 3.11. The summed E-state index contributed by atoms with van der Waals surface area (Å²) in [5.41, 5.74) is 4.54. The first-order valence-corrected chi connectivity index (χ1v) is 8.95. The number of carbonyl (C=O) groups excluding carboxylic acids is 1. The van der Waals surface area contributed by atoms with Gasteiger partial charge in [-0.1, -0.05) is 17.7 Å². The van der Waals surface area contributed by atoms with Crippen molar-refractivity contribution in [2.24, 2.45) is 0 Å². The monoisotopic (exact) mass is 387 g/mol. The SMILES string of the molecule is Cc1cccc(-c2nc3cc(NC(=O)c4ccc([N+](=O)[O-])c(C)c4)ccc3o2)c1. The Bertz CT molecular complexity index is 1260. The van der Waals surface area contributed by atoms with E-state index in [1.165, 1.54) is 18.2 Å². The molecule has 0 atom stereocenters. The number of hydrogen-bond donors (Lipinski definition) is 1. The Hall–Kier alpha value is -4.00. The number of oxazole rings is 1. The van der Waals surface area contributed by atoms with Crippen molar-refractivity contribution in [1.29, 1.82) is 0 Å². The van der Waals surface area contributed by atoms with Crippen molar-refractivity contribution >= 4 is 28.4 Å². The number of nitro groups is 1. The number of benzene rings is 3. The minimum atomic E-state index is -0.471. The molecule has 0 saturated carbocycles. The van der Waals surface area contributed by atoms with Gasteiger partial charge in [-0.25, -0.2) is 4.98 Å². The average molecular weight is 387 g/mol. The summed E-state index contributed by atoms with van der Waals surface area (Å²) in [6, 6.07) is 17.3. The van der Waals surface area contributed by atoms with Crippen LogP contribution >= 0.6 is 0 Å².